The fraction of sp³-hybridized carbons (Fsp3) is 0.320. The molecule has 8 nitrogen and oxygen atoms in total. The van der Waals surface area contributed by atoms with E-state index in [0.717, 1.165) is 0 Å². The zero-order valence-corrected chi connectivity index (χ0v) is 18.4. The van der Waals surface area contributed by atoms with Gasteiger partial charge in [-0.15, -0.1) is 0 Å². The van der Waals surface area contributed by atoms with Crippen molar-refractivity contribution in [3.63, 3.8) is 0 Å². The van der Waals surface area contributed by atoms with Crippen LogP contribution in [0.3, 0.4) is 0 Å². The van der Waals surface area contributed by atoms with Gasteiger partial charge in [0.25, 0.3) is 0 Å². The molecular formula is C25H26O8. The molecule has 0 aromatic heterocycles. The summed E-state index contributed by atoms with van der Waals surface area (Å²) in [7, 11) is 0. The molecule has 0 amide bonds. The molecule has 1 aliphatic rings. The molecule has 0 saturated heterocycles. The van der Waals surface area contributed by atoms with Crippen LogP contribution in [0.4, 0.5) is 0 Å². The predicted octanol–water partition coefficient (Wildman–Crippen LogP) is 2.71. The quantitative estimate of drug-likeness (QED) is 0.369. The second-order valence-corrected chi connectivity index (χ2v) is 7.36. The molecule has 0 aliphatic heterocycles. The number of rotatable bonds is 8. The van der Waals surface area contributed by atoms with Crippen molar-refractivity contribution < 1.29 is 38.4 Å². The minimum absolute atomic E-state index is 0.244. The number of hydrogen-bond donors (Lipinski definition) is 1. The van der Waals surface area contributed by atoms with Crippen LogP contribution in [-0.2, 0) is 23.7 Å². The van der Waals surface area contributed by atoms with Crippen molar-refractivity contribution in [2.24, 2.45) is 0 Å². The molecule has 4 atom stereocenters. The second-order valence-electron chi connectivity index (χ2n) is 7.36. The molecule has 3 rings (SSSR count). The van der Waals surface area contributed by atoms with E-state index in [0.29, 0.717) is 16.7 Å². The van der Waals surface area contributed by atoms with Crippen molar-refractivity contribution in [1.29, 1.82) is 0 Å². The van der Waals surface area contributed by atoms with Gasteiger partial charge in [-0.05, 0) is 37.3 Å². The highest BCUT2D eigenvalue weighted by Gasteiger charge is 2.44. The largest absolute Gasteiger partial charge is 0.457 e. The Balaban J connectivity index is 1.83. The molecule has 2 aromatic rings. The van der Waals surface area contributed by atoms with Gasteiger partial charge in [0.15, 0.2) is 12.2 Å². The molecule has 33 heavy (non-hydrogen) atoms. The molecule has 174 valence electrons. The third kappa shape index (κ3) is 6.27. The molecule has 0 saturated carbocycles. The zero-order chi connectivity index (χ0) is 23.8. The average Bonchev–Trinajstić information content (AvgIpc) is 2.82. The summed E-state index contributed by atoms with van der Waals surface area (Å²) in [6.07, 6.45) is -3.04. The van der Waals surface area contributed by atoms with Crippen LogP contribution in [0.5, 0.6) is 0 Å². The van der Waals surface area contributed by atoms with Crippen LogP contribution in [0.1, 0.15) is 34.6 Å². The summed E-state index contributed by atoms with van der Waals surface area (Å²) in [4.78, 5) is 36.7. The van der Waals surface area contributed by atoms with E-state index in [9.17, 15) is 19.5 Å². The first-order chi connectivity index (χ1) is 15.9. The molecule has 0 radical (unpaired) electrons. The maximum Gasteiger partial charge on any atom is 0.338 e. The van der Waals surface area contributed by atoms with E-state index in [4.69, 9.17) is 18.9 Å². The SMILES string of the molecule is CCO[C@H]1C=C(COC(=O)c2ccccc2)[C@@H](OC(C)=O)[C@H](O)[C@@H]1OC(=O)c1ccccc1. The second kappa shape index (κ2) is 11.4. The molecule has 8 heteroatoms. The Hall–Kier alpha value is -3.49. The lowest BCUT2D eigenvalue weighted by atomic mass is 9.89. The molecule has 0 bridgehead atoms. The molecule has 1 N–H and O–H groups in total. The maximum atomic E-state index is 12.6. The molecular weight excluding hydrogens is 428 g/mol. The molecule has 0 fully saturated rings. The van der Waals surface area contributed by atoms with Crippen LogP contribution in [0.2, 0.25) is 0 Å². The van der Waals surface area contributed by atoms with Gasteiger partial charge >= 0.3 is 17.9 Å². The highest BCUT2D eigenvalue weighted by atomic mass is 16.6. The average molecular weight is 454 g/mol. The molecule has 0 heterocycles. The van der Waals surface area contributed by atoms with Crippen LogP contribution in [0, 0.1) is 0 Å². The number of aliphatic hydroxyl groups excluding tert-OH is 1. The van der Waals surface area contributed by atoms with Gasteiger partial charge in [-0.25, -0.2) is 9.59 Å². The first-order valence-electron chi connectivity index (χ1n) is 10.6. The number of carbonyl (C=O) groups is 3. The Kier molecular flexibility index (Phi) is 8.34. The normalized spacial score (nSPS) is 22.1. The lowest BCUT2D eigenvalue weighted by Gasteiger charge is -2.38. The highest BCUT2D eigenvalue weighted by molar-refractivity contribution is 5.90. The van der Waals surface area contributed by atoms with E-state index in [1.165, 1.54) is 6.92 Å². The Morgan fingerprint density at radius 3 is 2.00 bits per heavy atom. The molecule has 0 spiro atoms. The third-order valence-electron chi connectivity index (χ3n) is 5.00. The van der Waals surface area contributed by atoms with Crippen LogP contribution in [-0.4, -0.2) is 60.6 Å². The third-order valence-corrected chi connectivity index (χ3v) is 5.00. The van der Waals surface area contributed by atoms with Gasteiger partial charge in [0, 0.05) is 19.1 Å². The zero-order valence-electron chi connectivity index (χ0n) is 18.4. The molecule has 0 unspecified atom stereocenters. The minimum atomic E-state index is -1.44. The Morgan fingerprint density at radius 1 is 0.879 bits per heavy atom. The van der Waals surface area contributed by atoms with Crippen LogP contribution in [0.15, 0.2) is 72.3 Å². The van der Waals surface area contributed by atoms with Crippen molar-refractivity contribution in [1.82, 2.24) is 0 Å². The minimum Gasteiger partial charge on any atom is -0.457 e. The van der Waals surface area contributed by atoms with Crippen LogP contribution >= 0.6 is 0 Å². The topological polar surface area (TPSA) is 108 Å². The molecule has 2 aromatic carbocycles. The smallest absolute Gasteiger partial charge is 0.338 e. The van der Waals surface area contributed by atoms with Crippen LogP contribution < -0.4 is 0 Å². The van der Waals surface area contributed by atoms with E-state index >= 15 is 0 Å². The summed E-state index contributed by atoms with van der Waals surface area (Å²) < 4.78 is 21.9. The number of aliphatic hydroxyl groups is 1. The summed E-state index contributed by atoms with van der Waals surface area (Å²) in [5, 5.41) is 11.0. The Morgan fingerprint density at radius 2 is 1.45 bits per heavy atom. The summed E-state index contributed by atoms with van der Waals surface area (Å²) >= 11 is 0. The standard InChI is InChI=1S/C25H26O8/c1-3-30-20-14-19(15-31-24(28)17-10-6-4-7-11-17)22(32-16(2)26)21(27)23(20)33-25(29)18-12-8-5-9-13-18/h4-14,20-23,27H,3,15H2,1-2H3/t20-,21-,22+,23+/m0/s1. The number of ether oxygens (including phenoxy) is 4. The predicted molar refractivity (Wildman–Crippen MR) is 117 cm³/mol. The first kappa shape index (κ1) is 24.2. The number of hydrogen-bond acceptors (Lipinski definition) is 8. The summed E-state index contributed by atoms with van der Waals surface area (Å²) in [6, 6.07) is 16.7. The number of esters is 3. The van der Waals surface area contributed by atoms with E-state index in [1.54, 1.807) is 73.7 Å². The fourth-order valence-corrected chi connectivity index (χ4v) is 3.49. The maximum absolute atomic E-state index is 12.6. The summed E-state index contributed by atoms with van der Waals surface area (Å²) in [6.45, 7) is 2.97. The highest BCUT2D eigenvalue weighted by Crippen LogP contribution is 2.28. The van der Waals surface area contributed by atoms with Gasteiger partial charge in [-0.2, -0.15) is 0 Å². The van der Waals surface area contributed by atoms with E-state index in [1.807, 2.05) is 0 Å². The Bertz CT molecular complexity index is 986. The lowest BCUT2D eigenvalue weighted by Crippen LogP contribution is -2.53. The summed E-state index contributed by atoms with van der Waals surface area (Å²) in [5.74, 6) is -1.88. The van der Waals surface area contributed by atoms with Crippen molar-refractivity contribution in [3.05, 3.63) is 83.4 Å². The molecule has 1 aliphatic carbocycles. The van der Waals surface area contributed by atoms with Crippen molar-refractivity contribution in [2.75, 3.05) is 13.2 Å². The Labute approximate surface area is 191 Å². The number of carbonyl (C=O) groups excluding carboxylic acids is 3. The lowest BCUT2D eigenvalue weighted by molar-refractivity contribution is -0.162. The number of benzene rings is 2. The monoisotopic (exact) mass is 454 g/mol. The summed E-state index contributed by atoms with van der Waals surface area (Å²) in [5.41, 5.74) is 0.984. The van der Waals surface area contributed by atoms with Gasteiger partial charge in [0.05, 0.1) is 11.1 Å². The fourth-order valence-electron chi connectivity index (χ4n) is 3.49. The van der Waals surface area contributed by atoms with Gasteiger partial charge in [0.2, 0.25) is 0 Å². The van der Waals surface area contributed by atoms with Crippen LogP contribution in [0.25, 0.3) is 0 Å². The van der Waals surface area contributed by atoms with Crippen molar-refractivity contribution in [2.45, 2.75) is 38.3 Å². The van der Waals surface area contributed by atoms with Gasteiger partial charge in [-0.1, -0.05) is 36.4 Å². The van der Waals surface area contributed by atoms with Crippen molar-refractivity contribution >= 4 is 17.9 Å². The van der Waals surface area contributed by atoms with E-state index in [-0.39, 0.29) is 13.2 Å². The first-order valence-corrected chi connectivity index (χ1v) is 10.6. The van der Waals surface area contributed by atoms with Crippen molar-refractivity contribution in [3.8, 4) is 0 Å². The van der Waals surface area contributed by atoms with E-state index < -0.39 is 42.3 Å². The van der Waals surface area contributed by atoms with Gasteiger partial charge < -0.3 is 24.1 Å². The van der Waals surface area contributed by atoms with Gasteiger partial charge in [-0.3, -0.25) is 4.79 Å². The van der Waals surface area contributed by atoms with Gasteiger partial charge in [0.1, 0.15) is 18.8 Å². The van der Waals surface area contributed by atoms with E-state index in [2.05, 4.69) is 0 Å².